The summed E-state index contributed by atoms with van der Waals surface area (Å²) in [5.74, 6) is -0.797. The van der Waals surface area contributed by atoms with E-state index in [9.17, 15) is 14.0 Å². The second-order valence-electron chi connectivity index (χ2n) is 7.49. The fourth-order valence-electron chi connectivity index (χ4n) is 3.88. The molecule has 0 unspecified atom stereocenters. The molecule has 28 heavy (non-hydrogen) atoms. The monoisotopic (exact) mass is 387 g/mol. The van der Waals surface area contributed by atoms with E-state index in [4.69, 9.17) is 5.11 Å². The number of aromatic nitrogens is 2. The number of hydrogen-bond donors (Lipinski definition) is 1. The molecule has 7 heteroatoms. The first-order valence-corrected chi connectivity index (χ1v) is 9.65. The lowest BCUT2D eigenvalue weighted by Crippen LogP contribution is -2.41. The van der Waals surface area contributed by atoms with Crippen molar-refractivity contribution in [1.29, 1.82) is 0 Å². The molecule has 6 nitrogen and oxygen atoms in total. The second kappa shape index (κ2) is 8.54. The fourth-order valence-corrected chi connectivity index (χ4v) is 3.88. The predicted octanol–water partition coefficient (Wildman–Crippen LogP) is 3.27. The molecule has 0 saturated carbocycles. The molecule has 2 aromatic rings. The molecule has 1 N–H and O–H groups in total. The molecule has 0 radical (unpaired) electrons. The molecular weight excluding hydrogens is 361 g/mol. The van der Waals surface area contributed by atoms with Crippen LogP contribution in [0.5, 0.6) is 0 Å². The van der Waals surface area contributed by atoms with Crippen LogP contribution < -0.4 is 0 Å². The highest BCUT2D eigenvalue weighted by molar-refractivity contribution is 5.79. The zero-order valence-electron chi connectivity index (χ0n) is 16.3. The highest BCUT2D eigenvalue weighted by Gasteiger charge is 2.25. The largest absolute Gasteiger partial charge is 0.481 e. The summed E-state index contributed by atoms with van der Waals surface area (Å²) in [6.07, 6.45) is 2.90. The van der Waals surface area contributed by atoms with Gasteiger partial charge in [-0.2, -0.15) is 5.10 Å². The zero-order chi connectivity index (χ0) is 20.3. The number of benzene rings is 1. The number of piperidine rings is 1. The van der Waals surface area contributed by atoms with Gasteiger partial charge in [0.05, 0.1) is 17.8 Å². The summed E-state index contributed by atoms with van der Waals surface area (Å²) in [5, 5.41) is 13.4. The van der Waals surface area contributed by atoms with Gasteiger partial charge < -0.3 is 10.0 Å². The highest BCUT2D eigenvalue weighted by Crippen LogP contribution is 2.24. The lowest BCUT2D eigenvalue weighted by atomic mass is 9.93. The van der Waals surface area contributed by atoms with E-state index < -0.39 is 5.97 Å². The third kappa shape index (κ3) is 4.58. The summed E-state index contributed by atoms with van der Waals surface area (Å²) in [6, 6.07) is 6.11. The number of carboxylic acid groups (broad SMARTS) is 1. The molecule has 1 aliphatic rings. The number of amides is 1. The van der Waals surface area contributed by atoms with E-state index in [1.165, 1.54) is 12.1 Å². The van der Waals surface area contributed by atoms with Crippen LogP contribution in [0.25, 0.3) is 5.69 Å². The molecule has 1 aromatic heterocycles. The van der Waals surface area contributed by atoms with Gasteiger partial charge in [0.1, 0.15) is 5.82 Å². The van der Waals surface area contributed by atoms with Gasteiger partial charge in [-0.3, -0.25) is 9.59 Å². The average Bonchev–Trinajstić information content (AvgIpc) is 2.95. The number of aryl methyl sites for hydroxylation is 1. The Balaban J connectivity index is 1.70. The van der Waals surface area contributed by atoms with E-state index in [0.29, 0.717) is 19.5 Å². The molecule has 1 amide bonds. The topological polar surface area (TPSA) is 75.4 Å². The van der Waals surface area contributed by atoms with Crippen LogP contribution in [0, 0.1) is 25.6 Å². The minimum atomic E-state index is -0.789. The number of carbonyl (C=O) groups excluding carboxylic acids is 1. The summed E-state index contributed by atoms with van der Waals surface area (Å²) in [6.45, 7) is 5.13. The van der Waals surface area contributed by atoms with Crippen molar-refractivity contribution in [3.8, 4) is 5.69 Å². The van der Waals surface area contributed by atoms with E-state index in [1.54, 1.807) is 16.8 Å². The highest BCUT2D eigenvalue weighted by atomic mass is 19.1. The summed E-state index contributed by atoms with van der Waals surface area (Å²) >= 11 is 0. The van der Waals surface area contributed by atoms with Crippen LogP contribution in [-0.2, 0) is 16.0 Å². The molecule has 0 spiro atoms. The van der Waals surface area contributed by atoms with Crippen LogP contribution in [0.2, 0.25) is 0 Å². The first-order chi connectivity index (χ1) is 13.3. The lowest BCUT2D eigenvalue weighted by molar-refractivity contribution is -0.137. The zero-order valence-corrected chi connectivity index (χ0v) is 16.3. The Hall–Kier alpha value is -2.70. The molecule has 2 heterocycles. The van der Waals surface area contributed by atoms with E-state index >= 15 is 0 Å². The maximum absolute atomic E-state index is 13.2. The van der Waals surface area contributed by atoms with Crippen molar-refractivity contribution < 1.29 is 19.1 Å². The summed E-state index contributed by atoms with van der Waals surface area (Å²) in [4.78, 5) is 25.5. The minimum Gasteiger partial charge on any atom is -0.481 e. The van der Waals surface area contributed by atoms with E-state index in [-0.39, 0.29) is 30.5 Å². The normalized spacial score (nSPS) is 17.0. The number of aliphatic carboxylic acids is 1. The third-order valence-electron chi connectivity index (χ3n) is 5.48. The standard InChI is InChI=1S/C21H26FN3O3/c1-14-19(15(2)25(23-14)18-8-6-17(22)7-9-18)12-20(26)24-11-3-4-16(13-24)5-10-21(27)28/h6-9,16H,3-5,10-13H2,1-2H3,(H,27,28)/t16-/m0/s1. The quantitative estimate of drug-likeness (QED) is 0.825. The molecule has 150 valence electrons. The van der Waals surface area contributed by atoms with Crippen molar-refractivity contribution in [1.82, 2.24) is 14.7 Å². The Kier molecular flexibility index (Phi) is 6.11. The first kappa shape index (κ1) is 20.0. The van der Waals surface area contributed by atoms with Crippen LogP contribution >= 0.6 is 0 Å². The SMILES string of the molecule is Cc1nn(-c2ccc(F)cc2)c(C)c1CC(=O)N1CCC[C@@H](CCC(=O)O)C1. The van der Waals surface area contributed by atoms with Crippen molar-refractivity contribution in [3.05, 3.63) is 47.0 Å². The molecule has 1 saturated heterocycles. The molecule has 1 atom stereocenters. The molecule has 0 aliphatic carbocycles. The summed E-state index contributed by atoms with van der Waals surface area (Å²) in [5.41, 5.74) is 3.31. The smallest absolute Gasteiger partial charge is 0.303 e. The van der Waals surface area contributed by atoms with Crippen molar-refractivity contribution in [2.75, 3.05) is 13.1 Å². The molecule has 0 bridgehead atoms. The van der Waals surface area contributed by atoms with Crippen molar-refractivity contribution in [2.24, 2.45) is 5.92 Å². The average molecular weight is 387 g/mol. The number of carboxylic acids is 1. The fraction of sp³-hybridized carbons (Fsp3) is 0.476. The Morgan fingerprint density at radius 3 is 2.64 bits per heavy atom. The van der Waals surface area contributed by atoms with E-state index in [1.807, 2.05) is 18.7 Å². The number of hydrogen-bond acceptors (Lipinski definition) is 3. The predicted molar refractivity (Wildman–Crippen MR) is 103 cm³/mol. The van der Waals surface area contributed by atoms with Gasteiger partial charge in [-0.15, -0.1) is 0 Å². The minimum absolute atomic E-state index is 0.0462. The second-order valence-corrected chi connectivity index (χ2v) is 7.49. The number of carbonyl (C=O) groups is 2. The van der Waals surface area contributed by atoms with Crippen molar-refractivity contribution in [2.45, 2.75) is 46.0 Å². The third-order valence-corrected chi connectivity index (χ3v) is 5.48. The van der Waals surface area contributed by atoms with Gasteiger partial charge in [0.2, 0.25) is 5.91 Å². The maximum Gasteiger partial charge on any atom is 0.303 e. The molecule has 1 aliphatic heterocycles. The van der Waals surface area contributed by atoms with Gasteiger partial charge in [0.15, 0.2) is 0 Å². The van der Waals surface area contributed by atoms with Crippen molar-refractivity contribution in [3.63, 3.8) is 0 Å². The Labute approximate surface area is 164 Å². The van der Waals surface area contributed by atoms with Crippen molar-refractivity contribution >= 4 is 11.9 Å². The molecule has 3 rings (SSSR count). The van der Waals surface area contributed by atoms with Crippen LogP contribution in [0.1, 0.15) is 42.6 Å². The van der Waals surface area contributed by atoms with Gasteiger partial charge in [0.25, 0.3) is 0 Å². The van der Waals surface area contributed by atoms with Gasteiger partial charge in [-0.25, -0.2) is 9.07 Å². The van der Waals surface area contributed by atoms with Gasteiger partial charge in [-0.05, 0) is 63.3 Å². The molecule has 1 fully saturated rings. The Bertz CT molecular complexity index is 861. The van der Waals surface area contributed by atoms with Gasteiger partial charge >= 0.3 is 5.97 Å². The Morgan fingerprint density at radius 1 is 1.25 bits per heavy atom. The molecule has 1 aromatic carbocycles. The Morgan fingerprint density at radius 2 is 1.96 bits per heavy atom. The summed E-state index contributed by atoms with van der Waals surface area (Å²) < 4.78 is 14.9. The summed E-state index contributed by atoms with van der Waals surface area (Å²) in [7, 11) is 0. The van der Waals surface area contributed by atoms with Crippen LogP contribution in [0.3, 0.4) is 0 Å². The number of rotatable bonds is 6. The van der Waals surface area contributed by atoms with Crippen LogP contribution in [-0.4, -0.2) is 44.8 Å². The maximum atomic E-state index is 13.2. The first-order valence-electron chi connectivity index (χ1n) is 9.65. The molecular formula is C21H26FN3O3. The van der Waals surface area contributed by atoms with Gasteiger partial charge in [-0.1, -0.05) is 0 Å². The number of likely N-dealkylation sites (tertiary alicyclic amines) is 1. The number of halogens is 1. The van der Waals surface area contributed by atoms with E-state index in [0.717, 1.165) is 35.5 Å². The number of nitrogens with zero attached hydrogens (tertiary/aromatic N) is 3. The van der Waals surface area contributed by atoms with E-state index in [2.05, 4.69) is 5.10 Å². The van der Waals surface area contributed by atoms with Crippen LogP contribution in [0.15, 0.2) is 24.3 Å². The lowest BCUT2D eigenvalue weighted by Gasteiger charge is -2.32. The van der Waals surface area contributed by atoms with Crippen LogP contribution in [0.4, 0.5) is 4.39 Å². The van der Waals surface area contributed by atoms with Gasteiger partial charge in [0, 0.05) is 30.8 Å².